The van der Waals surface area contributed by atoms with Crippen molar-refractivity contribution >= 4 is 17.7 Å². The van der Waals surface area contributed by atoms with Crippen LogP contribution >= 0.6 is 11.8 Å². The van der Waals surface area contributed by atoms with Crippen molar-refractivity contribution < 1.29 is 4.79 Å². The van der Waals surface area contributed by atoms with Crippen LogP contribution < -0.4 is 5.32 Å². The third-order valence-electron chi connectivity index (χ3n) is 4.22. The number of likely N-dealkylation sites (N-methyl/N-ethyl adjacent to an activating group) is 1. The van der Waals surface area contributed by atoms with Gasteiger partial charge >= 0.3 is 0 Å². The minimum atomic E-state index is 0.176. The van der Waals surface area contributed by atoms with Crippen LogP contribution in [-0.2, 0) is 10.2 Å². The number of carbonyl (C=O) groups excluding carboxylic acids is 1. The van der Waals surface area contributed by atoms with E-state index in [2.05, 4.69) is 50.4 Å². The van der Waals surface area contributed by atoms with Crippen molar-refractivity contribution in [3.05, 3.63) is 29.8 Å². The molecule has 4 heteroatoms. The van der Waals surface area contributed by atoms with Gasteiger partial charge in [0.25, 0.3) is 0 Å². The number of nitrogens with zero attached hydrogens (tertiary/aromatic N) is 1. The number of likely N-dealkylation sites (tertiary alicyclic amines) is 1. The Morgan fingerprint density at radius 2 is 2.00 bits per heavy atom. The minimum Gasteiger partial charge on any atom is -0.338 e. The highest BCUT2D eigenvalue weighted by molar-refractivity contribution is 8.00. The highest BCUT2D eigenvalue weighted by Crippen LogP contribution is 2.26. The molecule has 1 aliphatic rings. The molecular formula is C18H28N2OS. The van der Waals surface area contributed by atoms with Gasteiger partial charge < -0.3 is 10.2 Å². The number of amides is 1. The van der Waals surface area contributed by atoms with Gasteiger partial charge in [-0.25, -0.2) is 0 Å². The highest BCUT2D eigenvalue weighted by atomic mass is 32.2. The first-order valence-electron chi connectivity index (χ1n) is 8.09. The molecule has 122 valence electrons. The molecule has 1 heterocycles. The maximum absolute atomic E-state index is 12.4. The predicted molar refractivity (Wildman–Crippen MR) is 94.5 cm³/mol. The van der Waals surface area contributed by atoms with Crippen LogP contribution in [0.3, 0.4) is 0 Å². The Bertz CT molecular complexity index is 493. The summed E-state index contributed by atoms with van der Waals surface area (Å²) in [6, 6.07) is 8.99. The van der Waals surface area contributed by atoms with Crippen LogP contribution in [0, 0.1) is 0 Å². The summed E-state index contributed by atoms with van der Waals surface area (Å²) in [7, 11) is 1.95. The summed E-state index contributed by atoms with van der Waals surface area (Å²) in [6.07, 6.45) is 2.25. The minimum absolute atomic E-state index is 0.176. The second-order valence-electron chi connectivity index (χ2n) is 7.00. The van der Waals surface area contributed by atoms with Crippen molar-refractivity contribution in [1.29, 1.82) is 0 Å². The maximum atomic E-state index is 12.4. The number of rotatable bonds is 5. The average Bonchev–Trinajstić information content (AvgIpc) is 2.93. The molecule has 1 N–H and O–H groups in total. The molecular weight excluding hydrogens is 292 g/mol. The second kappa shape index (κ2) is 7.51. The largest absolute Gasteiger partial charge is 0.338 e. The van der Waals surface area contributed by atoms with Gasteiger partial charge in [0, 0.05) is 24.0 Å². The fourth-order valence-corrected chi connectivity index (χ4v) is 3.68. The van der Waals surface area contributed by atoms with Gasteiger partial charge in [-0.05, 0) is 43.0 Å². The molecule has 0 aliphatic carbocycles. The van der Waals surface area contributed by atoms with E-state index in [-0.39, 0.29) is 11.3 Å². The quantitative estimate of drug-likeness (QED) is 0.845. The maximum Gasteiger partial charge on any atom is 0.233 e. The standard InChI is InChI=1S/C18H28N2OS/c1-18(2,3)14-7-9-16(10-8-14)22-13-17(21)20-11-5-6-15(20)12-19-4/h7-10,15,19H,5-6,11-13H2,1-4H3. The van der Waals surface area contributed by atoms with E-state index in [4.69, 9.17) is 0 Å². The van der Waals surface area contributed by atoms with E-state index >= 15 is 0 Å². The molecule has 0 spiro atoms. The van der Waals surface area contributed by atoms with Crippen LogP contribution in [0.1, 0.15) is 39.2 Å². The summed E-state index contributed by atoms with van der Waals surface area (Å²) in [4.78, 5) is 15.6. The lowest BCUT2D eigenvalue weighted by Gasteiger charge is -2.24. The Balaban J connectivity index is 1.88. The monoisotopic (exact) mass is 320 g/mol. The van der Waals surface area contributed by atoms with Gasteiger partial charge in [0.15, 0.2) is 0 Å². The fraction of sp³-hybridized carbons (Fsp3) is 0.611. The number of hydrogen-bond acceptors (Lipinski definition) is 3. The average molecular weight is 321 g/mol. The number of thioether (sulfide) groups is 1. The van der Waals surface area contributed by atoms with Crippen molar-refractivity contribution in [3.63, 3.8) is 0 Å². The molecule has 2 rings (SSSR count). The topological polar surface area (TPSA) is 32.3 Å². The molecule has 22 heavy (non-hydrogen) atoms. The van der Waals surface area contributed by atoms with E-state index in [1.54, 1.807) is 11.8 Å². The molecule has 0 saturated carbocycles. The zero-order valence-corrected chi connectivity index (χ0v) is 15.0. The fourth-order valence-electron chi connectivity index (χ4n) is 2.89. The third kappa shape index (κ3) is 4.50. The molecule has 3 nitrogen and oxygen atoms in total. The van der Waals surface area contributed by atoms with Gasteiger partial charge in [0.05, 0.1) is 5.75 Å². The third-order valence-corrected chi connectivity index (χ3v) is 5.22. The Morgan fingerprint density at radius 1 is 1.32 bits per heavy atom. The molecule has 1 aromatic carbocycles. The van der Waals surface area contributed by atoms with Gasteiger partial charge in [-0.1, -0.05) is 32.9 Å². The first kappa shape index (κ1) is 17.4. The van der Waals surface area contributed by atoms with Gasteiger partial charge in [-0.15, -0.1) is 11.8 Å². The van der Waals surface area contributed by atoms with E-state index in [0.29, 0.717) is 11.8 Å². The van der Waals surface area contributed by atoms with Crippen molar-refractivity contribution in [2.75, 3.05) is 25.9 Å². The van der Waals surface area contributed by atoms with Crippen LogP contribution in [0.5, 0.6) is 0 Å². The highest BCUT2D eigenvalue weighted by Gasteiger charge is 2.27. The van der Waals surface area contributed by atoms with Crippen LogP contribution in [0.4, 0.5) is 0 Å². The van der Waals surface area contributed by atoms with Crippen molar-refractivity contribution in [1.82, 2.24) is 10.2 Å². The lowest BCUT2D eigenvalue weighted by molar-refractivity contribution is -0.129. The summed E-state index contributed by atoms with van der Waals surface area (Å²) in [5.41, 5.74) is 1.51. The Kier molecular flexibility index (Phi) is 5.93. The molecule has 1 aromatic rings. The van der Waals surface area contributed by atoms with E-state index in [0.717, 1.165) is 25.9 Å². The molecule has 0 aromatic heterocycles. The smallest absolute Gasteiger partial charge is 0.233 e. The zero-order valence-electron chi connectivity index (χ0n) is 14.2. The van der Waals surface area contributed by atoms with E-state index in [1.807, 2.05) is 11.9 Å². The van der Waals surface area contributed by atoms with Crippen molar-refractivity contribution in [2.45, 2.75) is 50.0 Å². The van der Waals surface area contributed by atoms with Crippen LogP contribution in [0.25, 0.3) is 0 Å². The number of hydrogen-bond donors (Lipinski definition) is 1. The lowest BCUT2D eigenvalue weighted by atomic mass is 9.87. The SMILES string of the molecule is CNCC1CCCN1C(=O)CSc1ccc(C(C)(C)C)cc1. The number of benzene rings is 1. The second-order valence-corrected chi connectivity index (χ2v) is 8.05. The van der Waals surface area contributed by atoms with Gasteiger partial charge in [-0.2, -0.15) is 0 Å². The molecule has 1 atom stereocenters. The summed E-state index contributed by atoms with van der Waals surface area (Å²) >= 11 is 1.64. The molecule has 0 radical (unpaired) electrons. The first-order valence-corrected chi connectivity index (χ1v) is 9.08. The van der Waals surface area contributed by atoms with E-state index < -0.39 is 0 Å². The molecule has 1 saturated heterocycles. The Labute approximate surface area is 138 Å². The Morgan fingerprint density at radius 3 is 2.59 bits per heavy atom. The summed E-state index contributed by atoms with van der Waals surface area (Å²) in [5.74, 6) is 0.803. The van der Waals surface area contributed by atoms with Gasteiger partial charge in [-0.3, -0.25) is 4.79 Å². The molecule has 1 fully saturated rings. The summed E-state index contributed by atoms with van der Waals surface area (Å²) in [6.45, 7) is 8.46. The van der Waals surface area contributed by atoms with Gasteiger partial charge in [0.2, 0.25) is 5.91 Å². The molecule has 1 aliphatic heterocycles. The van der Waals surface area contributed by atoms with Crippen molar-refractivity contribution in [2.24, 2.45) is 0 Å². The normalized spacial score (nSPS) is 18.7. The van der Waals surface area contributed by atoms with Crippen LogP contribution in [-0.4, -0.2) is 42.7 Å². The number of carbonyl (C=O) groups is 1. The summed E-state index contributed by atoms with van der Waals surface area (Å²) < 4.78 is 0. The molecule has 1 unspecified atom stereocenters. The lowest BCUT2D eigenvalue weighted by Crippen LogP contribution is -2.41. The van der Waals surface area contributed by atoms with E-state index in [1.165, 1.54) is 10.5 Å². The van der Waals surface area contributed by atoms with Gasteiger partial charge in [0.1, 0.15) is 0 Å². The first-order chi connectivity index (χ1) is 10.4. The number of nitrogens with one attached hydrogen (secondary N) is 1. The van der Waals surface area contributed by atoms with Crippen molar-refractivity contribution in [3.8, 4) is 0 Å². The summed E-state index contributed by atoms with van der Waals surface area (Å²) in [5, 5.41) is 3.19. The Hall–Kier alpha value is -1.00. The van der Waals surface area contributed by atoms with Crippen LogP contribution in [0.2, 0.25) is 0 Å². The molecule has 0 bridgehead atoms. The van der Waals surface area contributed by atoms with Crippen LogP contribution in [0.15, 0.2) is 29.2 Å². The zero-order chi connectivity index (χ0) is 16.2. The van der Waals surface area contributed by atoms with E-state index in [9.17, 15) is 4.79 Å². The predicted octanol–water partition coefficient (Wildman–Crippen LogP) is 3.29. The molecule has 1 amide bonds.